The number of amides is 2. The van der Waals surface area contributed by atoms with Crippen LogP contribution in [0.4, 0.5) is 0 Å². The van der Waals surface area contributed by atoms with Gasteiger partial charge in [-0.25, -0.2) is 0 Å². The molecule has 2 atom stereocenters. The lowest BCUT2D eigenvalue weighted by Crippen LogP contribution is -2.19. The van der Waals surface area contributed by atoms with Crippen molar-refractivity contribution in [1.82, 2.24) is 4.42 Å². The fraction of sp³-hybridized carbons (Fsp3) is 0.667. The van der Waals surface area contributed by atoms with Gasteiger partial charge in [0.05, 0.1) is 0 Å². The van der Waals surface area contributed by atoms with Crippen LogP contribution in [-0.4, -0.2) is 16.2 Å². The van der Waals surface area contributed by atoms with Crippen LogP contribution in [-0.2, 0) is 9.59 Å². The quantitative estimate of drug-likeness (QED) is 0.389. The highest BCUT2D eigenvalue weighted by Crippen LogP contribution is 2.26. The number of carbonyl (C=O) groups excluding carboxylic acids is 2. The zero-order chi connectivity index (χ0) is 7.89. The second-order valence-electron chi connectivity index (χ2n) is 2.53. The zero-order valence-corrected chi connectivity index (χ0v) is 6.55. The fourth-order valence-electron chi connectivity index (χ4n) is 0.894. The first-order valence-corrected chi connectivity index (χ1v) is 3.43. The van der Waals surface area contributed by atoms with Crippen molar-refractivity contribution in [2.24, 2.45) is 11.8 Å². The summed E-state index contributed by atoms with van der Waals surface area (Å²) in [6.45, 7) is 3.40. The number of hydrogen-bond acceptors (Lipinski definition) is 2. The van der Waals surface area contributed by atoms with Gasteiger partial charge in [-0.2, -0.15) is 4.42 Å². The molecular formula is C6H8ClNO2. The summed E-state index contributed by atoms with van der Waals surface area (Å²) in [7, 11) is 0. The average Bonchev–Trinajstić information content (AvgIpc) is 2.07. The smallest absolute Gasteiger partial charge is 0.247 e. The Labute approximate surface area is 64.1 Å². The summed E-state index contributed by atoms with van der Waals surface area (Å²) < 4.78 is 0.676. The molecule has 56 valence electrons. The van der Waals surface area contributed by atoms with Crippen molar-refractivity contribution >= 4 is 23.6 Å². The van der Waals surface area contributed by atoms with Crippen molar-refractivity contribution < 1.29 is 9.59 Å². The standard InChI is InChI=1S/C6H8ClNO2/c1-3-4(2)6(10)8(7)5(3)9/h3-4H,1-2H3. The Bertz CT molecular complexity index is 172. The summed E-state index contributed by atoms with van der Waals surface area (Å²) in [5, 5.41) is 0. The summed E-state index contributed by atoms with van der Waals surface area (Å²) in [5.74, 6) is -1.10. The van der Waals surface area contributed by atoms with E-state index in [4.69, 9.17) is 11.8 Å². The lowest BCUT2D eigenvalue weighted by atomic mass is 10.00. The molecule has 2 amide bonds. The summed E-state index contributed by atoms with van der Waals surface area (Å²) in [5.41, 5.74) is 0. The van der Waals surface area contributed by atoms with Gasteiger partial charge in [-0.3, -0.25) is 9.59 Å². The number of carbonyl (C=O) groups is 2. The molecular weight excluding hydrogens is 154 g/mol. The Morgan fingerprint density at radius 2 is 1.50 bits per heavy atom. The molecule has 10 heavy (non-hydrogen) atoms. The summed E-state index contributed by atoms with van der Waals surface area (Å²) >= 11 is 5.34. The van der Waals surface area contributed by atoms with E-state index in [-0.39, 0.29) is 23.7 Å². The first-order chi connectivity index (χ1) is 4.55. The molecule has 0 aromatic heterocycles. The molecule has 1 fully saturated rings. The van der Waals surface area contributed by atoms with Gasteiger partial charge in [0.2, 0.25) is 11.8 Å². The molecule has 1 saturated heterocycles. The third-order valence-corrected chi connectivity index (χ3v) is 2.25. The zero-order valence-electron chi connectivity index (χ0n) is 5.80. The van der Waals surface area contributed by atoms with Gasteiger partial charge in [-0.1, -0.05) is 13.8 Å². The van der Waals surface area contributed by atoms with E-state index >= 15 is 0 Å². The minimum Gasteiger partial charge on any atom is -0.273 e. The van der Waals surface area contributed by atoms with Crippen molar-refractivity contribution in [3.63, 3.8) is 0 Å². The average molecular weight is 162 g/mol. The van der Waals surface area contributed by atoms with Gasteiger partial charge in [-0.15, -0.1) is 0 Å². The summed E-state index contributed by atoms with van der Waals surface area (Å²) in [6, 6.07) is 0. The van der Waals surface area contributed by atoms with Crippen LogP contribution < -0.4 is 0 Å². The third-order valence-electron chi connectivity index (χ3n) is 1.92. The second-order valence-corrected chi connectivity index (χ2v) is 2.87. The van der Waals surface area contributed by atoms with Gasteiger partial charge >= 0.3 is 0 Å². The van der Waals surface area contributed by atoms with Gasteiger partial charge in [0, 0.05) is 23.6 Å². The molecule has 0 spiro atoms. The van der Waals surface area contributed by atoms with Gasteiger partial charge in [0.15, 0.2) is 0 Å². The predicted molar refractivity (Wildman–Crippen MR) is 36.0 cm³/mol. The predicted octanol–water partition coefficient (Wildman–Crippen LogP) is 0.781. The summed E-state index contributed by atoms with van der Waals surface area (Å²) in [4.78, 5) is 21.8. The highest BCUT2D eigenvalue weighted by Gasteiger charge is 2.41. The molecule has 0 aromatic carbocycles. The Hall–Kier alpha value is -0.570. The van der Waals surface area contributed by atoms with E-state index in [0.717, 1.165) is 0 Å². The highest BCUT2D eigenvalue weighted by molar-refractivity contribution is 6.32. The second kappa shape index (κ2) is 2.23. The Morgan fingerprint density at radius 3 is 1.60 bits per heavy atom. The van der Waals surface area contributed by atoms with E-state index in [0.29, 0.717) is 4.42 Å². The van der Waals surface area contributed by atoms with E-state index in [1.54, 1.807) is 13.8 Å². The van der Waals surface area contributed by atoms with Crippen molar-refractivity contribution in [1.29, 1.82) is 0 Å². The van der Waals surface area contributed by atoms with E-state index < -0.39 is 0 Å². The van der Waals surface area contributed by atoms with Crippen LogP contribution >= 0.6 is 11.8 Å². The topological polar surface area (TPSA) is 37.4 Å². The molecule has 0 N–H and O–H groups in total. The Morgan fingerprint density at radius 1 is 1.20 bits per heavy atom. The van der Waals surface area contributed by atoms with Crippen LogP contribution in [0.25, 0.3) is 0 Å². The maximum absolute atomic E-state index is 10.9. The third kappa shape index (κ3) is 0.814. The van der Waals surface area contributed by atoms with E-state index in [1.165, 1.54) is 0 Å². The molecule has 0 radical (unpaired) electrons. The monoisotopic (exact) mass is 161 g/mol. The molecule has 2 unspecified atom stereocenters. The van der Waals surface area contributed by atoms with Crippen LogP contribution in [0.3, 0.4) is 0 Å². The molecule has 1 aliphatic heterocycles. The molecule has 1 heterocycles. The minimum absolute atomic E-state index is 0.259. The van der Waals surface area contributed by atoms with Crippen LogP contribution in [0.5, 0.6) is 0 Å². The van der Waals surface area contributed by atoms with Crippen molar-refractivity contribution in [2.45, 2.75) is 13.8 Å². The maximum atomic E-state index is 10.9. The summed E-state index contributed by atoms with van der Waals surface area (Å²) in [6.07, 6.45) is 0. The van der Waals surface area contributed by atoms with Crippen molar-refractivity contribution in [2.75, 3.05) is 0 Å². The molecule has 3 nitrogen and oxygen atoms in total. The minimum atomic E-state index is -0.292. The van der Waals surface area contributed by atoms with Gasteiger partial charge < -0.3 is 0 Å². The van der Waals surface area contributed by atoms with Crippen LogP contribution in [0.15, 0.2) is 0 Å². The molecule has 0 bridgehead atoms. The van der Waals surface area contributed by atoms with Crippen LogP contribution in [0.2, 0.25) is 0 Å². The fourth-order valence-corrected chi connectivity index (χ4v) is 1.20. The van der Waals surface area contributed by atoms with Gasteiger partial charge in [0.25, 0.3) is 0 Å². The number of halogens is 1. The highest BCUT2D eigenvalue weighted by atomic mass is 35.5. The normalized spacial score (nSPS) is 33.7. The molecule has 0 aromatic rings. The largest absolute Gasteiger partial charge is 0.273 e. The molecule has 0 aliphatic carbocycles. The van der Waals surface area contributed by atoms with Crippen molar-refractivity contribution in [3.05, 3.63) is 0 Å². The Balaban J connectivity index is 2.89. The van der Waals surface area contributed by atoms with Gasteiger partial charge in [0.1, 0.15) is 0 Å². The molecule has 4 heteroatoms. The van der Waals surface area contributed by atoms with E-state index in [9.17, 15) is 9.59 Å². The molecule has 1 rings (SSSR count). The Kier molecular flexibility index (Phi) is 1.68. The lowest BCUT2D eigenvalue weighted by molar-refractivity contribution is -0.133. The number of nitrogens with zero attached hydrogens (tertiary/aromatic N) is 1. The lowest BCUT2D eigenvalue weighted by Gasteiger charge is -1.98. The number of hydrogen-bond donors (Lipinski definition) is 0. The molecule has 1 aliphatic rings. The first kappa shape index (κ1) is 7.54. The number of rotatable bonds is 0. The van der Waals surface area contributed by atoms with E-state index in [1.807, 2.05) is 0 Å². The van der Waals surface area contributed by atoms with Gasteiger partial charge in [-0.05, 0) is 0 Å². The first-order valence-electron chi connectivity index (χ1n) is 3.09. The molecule has 0 saturated carbocycles. The van der Waals surface area contributed by atoms with Crippen LogP contribution in [0, 0.1) is 11.8 Å². The van der Waals surface area contributed by atoms with E-state index in [2.05, 4.69) is 0 Å². The number of imide groups is 1. The van der Waals surface area contributed by atoms with Crippen molar-refractivity contribution in [3.8, 4) is 0 Å². The maximum Gasteiger partial charge on any atom is 0.247 e. The SMILES string of the molecule is CC1C(=O)N(Cl)C(=O)C1C. The van der Waals surface area contributed by atoms with Crippen LogP contribution in [0.1, 0.15) is 13.8 Å².